The fourth-order valence-corrected chi connectivity index (χ4v) is 2.96. The predicted molar refractivity (Wildman–Crippen MR) is 101 cm³/mol. The van der Waals surface area contributed by atoms with Crippen molar-refractivity contribution in [3.8, 4) is 5.75 Å². The molecule has 3 aromatic rings. The molecule has 26 heavy (non-hydrogen) atoms. The number of ether oxygens (including phenoxy) is 1. The van der Waals surface area contributed by atoms with Crippen molar-refractivity contribution in [1.82, 2.24) is 9.78 Å². The van der Waals surface area contributed by atoms with Gasteiger partial charge in [-0.1, -0.05) is 40.2 Å². The summed E-state index contributed by atoms with van der Waals surface area (Å²) in [5.74, 6) is 0.000577. The second kappa shape index (κ2) is 8.14. The average Bonchev–Trinajstić information content (AvgIpc) is 3.04. The van der Waals surface area contributed by atoms with Crippen molar-refractivity contribution in [2.75, 3.05) is 12.4 Å². The van der Waals surface area contributed by atoms with E-state index >= 15 is 0 Å². The molecule has 0 fully saturated rings. The van der Waals surface area contributed by atoms with E-state index in [9.17, 15) is 9.18 Å². The predicted octanol–water partition coefficient (Wildman–Crippen LogP) is 4.02. The Bertz CT molecular complexity index is 927. The molecule has 5 nitrogen and oxygen atoms in total. The van der Waals surface area contributed by atoms with E-state index in [0.717, 1.165) is 10.0 Å². The van der Waals surface area contributed by atoms with Crippen LogP contribution in [0.15, 0.2) is 59.2 Å². The first-order chi connectivity index (χ1) is 12.6. The molecule has 0 bridgehead atoms. The van der Waals surface area contributed by atoms with Crippen LogP contribution >= 0.6 is 15.9 Å². The fourth-order valence-electron chi connectivity index (χ4n) is 2.55. The van der Waals surface area contributed by atoms with Gasteiger partial charge < -0.3 is 10.1 Å². The third-order valence-electron chi connectivity index (χ3n) is 3.84. The van der Waals surface area contributed by atoms with Crippen LogP contribution in [-0.4, -0.2) is 22.8 Å². The highest BCUT2D eigenvalue weighted by atomic mass is 79.9. The molecule has 0 saturated carbocycles. The molecule has 7 heteroatoms. The summed E-state index contributed by atoms with van der Waals surface area (Å²) in [5, 5.41) is 7.07. The second-order valence-electron chi connectivity index (χ2n) is 5.66. The summed E-state index contributed by atoms with van der Waals surface area (Å²) < 4.78 is 21.3. The van der Waals surface area contributed by atoms with Gasteiger partial charge in [-0.05, 0) is 29.3 Å². The maximum absolute atomic E-state index is 13.7. The molecule has 0 spiro atoms. The number of amides is 1. The number of aromatic nitrogens is 2. The molecule has 134 valence electrons. The summed E-state index contributed by atoms with van der Waals surface area (Å²) in [6, 6.07) is 14.0. The van der Waals surface area contributed by atoms with Gasteiger partial charge in [-0.15, -0.1) is 0 Å². The quantitative estimate of drug-likeness (QED) is 0.658. The van der Waals surface area contributed by atoms with Gasteiger partial charge in [0.05, 0.1) is 26.3 Å². The molecule has 0 aliphatic rings. The third kappa shape index (κ3) is 4.29. The summed E-state index contributed by atoms with van der Waals surface area (Å²) in [7, 11) is 1.40. The van der Waals surface area contributed by atoms with E-state index in [1.54, 1.807) is 23.0 Å². The first kappa shape index (κ1) is 18.1. The highest BCUT2D eigenvalue weighted by Gasteiger charge is 2.11. The number of nitrogens with one attached hydrogen (secondary N) is 1. The van der Waals surface area contributed by atoms with Crippen LogP contribution < -0.4 is 10.1 Å². The van der Waals surface area contributed by atoms with Gasteiger partial charge in [0, 0.05) is 10.5 Å². The number of anilines is 1. The van der Waals surface area contributed by atoms with Crippen LogP contribution in [0.1, 0.15) is 11.1 Å². The number of carbonyl (C=O) groups excluding carboxylic acids is 1. The van der Waals surface area contributed by atoms with Gasteiger partial charge in [0.25, 0.3) is 0 Å². The van der Waals surface area contributed by atoms with E-state index in [1.807, 2.05) is 24.3 Å². The Morgan fingerprint density at radius 2 is 2.08 bits per heavy atom. The van der Waals surface area contributed by atoms with Crippen molar-refractivity contribution in [3.05, 3.63) is 76.1 Å². The molecule has 1 aromatic heterocycles. The van der Waals surface area contributed by atoms with Gasteiger partial charge in [0.2, 0.25) is 5.91 Å². The number of hydrogen-bond acceptors (Lipinski definition) is 3. The van der Waals surface area contributed by atoms with Crippen LogP contribution in [0.5, 0.6) is 5.75 Å². The minimum absolute atomic E-state index is 0.0567. The summed E-state index contributed by atoms with van der Waals surface area (Å²) >= 11 is 3.51. The van der Waals surface area contributed by atoms with Gasteiger partial charge in [0.1, 0.15) is 5.82 Å². The van der Waals surface area contributed by atoms with Crippen molar-refractivity contribution in [1.29, 1.82) is 0 Å². The standard InChI is InChI=1S/C19H17BrFN3O2/c1-26-17-7-6-13(10-16(17)21)11-19(25)23-18-8-9-22-24(18)12-14-4-2-3-5-15(14)20/h2-10H,11-12H2,1H3,(H,23,25). The number of nitrogens with zero attached hydrogens (tertiary/aromatic N) is 2. The van der Waals surface area contributed by atoms with Crippen LogP contribution in [0.25, 0.3) is 0 Å². The molecule has 0 unspecified atom stereocenters. The Morgan fingerprint density at radius 1 is 1.27 bits per heavy atom. The second-order valence-corrected chi connectivity index (χ2v) is 6.51. The average molecular weight is 418 g/mol. The zero-order valence-corrected chi connectivity index (χ0v) is 15.7. The number of halogens is 2. The lowest BCUT2D eigenvalue weighted by molar-refractivity contribution is -0.115. The lowest BCUT2D eigenvalue weighted by atomic mass is 10.1. The Balaban J connectivity index is 1.68. The largest absolute Gasteiger partial charge is 0.494 e. The lowest BCUT2D eigenvalue weighted by Gasteiger charge is -2.10. The highest BCUT2D eigenvalue weighted by Crippen LogP contribution is 2.20. The molecule has 0 atom stereocenters. The summed E-state index contributed by atoms with van der Waals surface area (Å²) in [5.41, 5.74) is 1.61. The van der Waals surface area contributed by atoms with E-state index < -0.39 is 5.82 Å². The maximum Gasteiger partial charge on any atom is 0.229 e. The molecule has 0 aliphatic heterocycles. The van der Waals surface area contributed by atoms with Crippen LogP contribution in [-0.2, 0) is 17.8 Å². The molecule has 3 rings (SSSR count). The molecule has 1 amide bonds. The van der Waals surface area contributed by atoms with E-state index in [0.29, 0.717) is 17.9 Å². The van der Waals surface area contributed by atoms with Gasteiger partial charge >= 0.3 is 0 Å². The lowest BCUT2D eigenvalue weighted by Crippen LogP contribution is -2.18. The molecular weight excluding hydrogens is 401 g/mol. The molecule has 2 aromatic carbocycles. The van der Waals surface area contributed by atoms with Crippen molar-refractivity contribution >= 4 is 27.7 Å². The van der Waals surface area contributed by atoms with E-state index in [1.165, 1.54) is 19.2 Å². The maximum atomic E-state index is 13.7. The summed E-state index contributed by atoms with van der Waals surface area (Å²) in [4.78, 5) is 12.3. The number of carbonyl (C=O) groups is 1. The van der Waals surface area contributed by atoms with Crippen LogP contribution in [0.3, 0.4) is 0 Å². The van der Waals surface area contributed by atoms with Crippen LogP contribution in [0, 0.1) is 5.82 Å². The Kier molecular flexibility index (Phi) is 5.68. The topological polar surface area (TPSA) is 56.1 Å². The highest BCUT2D eigenvalue weighted by molar-refractivity contribution is 9.10. The number of methoxy groups -OCH3 is 1. The summed E-state index contributed by atoms with van der Waals surface area (Å²) in [6.07, 6.45) is 1.68. The molecule has 0 aliphatic carbocycles. The minimum Gasteiger partial charge on any atom is -0.494 e. The zero-order chi connectivity index (χ0) is 18.5. The SMILES string of the molecule is COc1ccc(CC(=O)Nc2ccnn2Cc2ccccc2Br)cc1F. The minimum atomic E-state index is -0.489. The Labute approximate surface area is 158 Å². The smallest absolute Gasteiger partial charge is 0.229 e. The van der Waals surface area contributed by atoms with Gasteiger partial charge in [0.15, 0.2) is 11.6 Å². The van der Waals surface area contributed by atoms with Crippen LogP contribution in [0.4, 0.5) is 10.2 Å². The van der Waals surface area contributed by atoms with E-state index in [-0.39, 0.29) is 18.1 Å². The van der Waals surface area contributed by atoms with Gasteiger partial charge in [-0.25, -0.2) is 9.07 Å². The number of rotatable bonds is 6. The van der Waals surface area contributed by atoms with Crippen molar-refractivity contribution in [2.24, 2.45) is 0 Å². The number of benzene rings is 2. The summed E-state index contributed by atoms with van der Waals surface area (Å²) in [6.45, 7) is 0.515. The molecule has 1 N–H and O–H groups in total. The van der Waals surface area contributed by atoms with E-state index in [4.69, 9.17) is 4.74 Å². The van der Waals surface area contributed by atoms with Crippen molar-refractivity contribution in [2.45, 2.75) is 13.0 Å². The van der Waals surface area contributed by atoms with E-state index in [2.05, 4.69) is 26.3 Å². The first-order valence-electron chi connectivity index (χ1n) is 7.94. The molecule has 0 saturated heterocycles. The van der Waals surface area contributed by atoms with Crippen molar-refractivity contribution in [3.63, 3.8) is 0 Å². The third-order valence-corrected chi connectivity index (χ3v) is 4.62. The zero-order valence-electron chi connectivity index (χ0n) is 14.1. The monoisotopic (exact) mass is 417 g/mol. The first-order valence-corrected chi connectivity index (χ1v) is 8.73. The van der Waals surface area contributed by atoms with Crippen LogP contribution in [0.2, 0.25) is 0 Å². The Hall–Kier alpha value is -2.67. The number of hydrogen-bond donors (Lipinski definition) is 1. The van der Waals surface area contributed by atoms with Gasteiger partial charge in [-0.2, -0.15) is 5.10 Å². The molecule has 0 radical (unpaired) electrons. The normalized spacial score (nSPS) is 10.6. The molecular formula is C19H17BrFN3O2. The Morgan fingerprint density at radius 3 is 2.81 bits per heavy atom. The molecule has 1 heterocycles. The fraction of sp³-hybridized carbons (Fsp3) is 0.158. The van der Waals surface area contributed by atoms with Crippen molar-refractivity contribution < 1.29 is 13.9 Å². The van der Waals surface area contributed by atoms with Gasteiger partial charge in [-0.3, -0.25) is 4.79 Å².